The number of nitrogens with one attached hydrogen (secondary N) is 2. The molecule has 1 aliphatic carbocycles. The van der Waals surface area contributed by atoms with Gasteiger partial charge in [-0.2, -0.15) is 18.2 Å². The van der Waals surface area contributed by atoms with E-state index in [4.69, 9.17) is 0 Å². The van der Waals surface area contributed by atoms with Crippen LogP contribution in [0.1, 0.15) is 46.9 Å². The summed E-state index contributed by atoms with van der Waals surface area (Å²) < 4.78 is 39.1. The fraction of sp³-hybridized carbons (Fsp3) is 0.261. The van der Waals surface area contributed by atoms with E-state index >= 15 is 0 Å². The average molecular weight is 426 g/mol. The quantitative estimate of drug-likeness (QED) is 0.519. The highest BCUT2D eigenvalue weighted by Crippen LogP contribution is 2.33. The number of Topliss-reactive ketones (excluding diaryl/α,β-unsaturated/α-hetero) is 1. The maximum absolute atomic E-state index is 13.0. The number of benzene rings is 2. The lowest BCUT2D eigenvalue weighted by Crippen LogP contribution is -2.18. The van der Waals surface area contributed by atoms with Gasteiger partial charge >= 0.3 is 6.18 Å². The van der Waals surface area contributed by atoms with Crippen LogP contribution in [-0.4, -0.2) is 15.8 Å². The van der Waals surface area contributed by atoms with Crippen molar-refractivity contribution < 1.29 is 18.0 Å². The molecule has 0 unspecified atom stereocenters. The van der Waals surface area contributed by atoms with E-state index in [1.165, 1.54) is 17.7 Å². The average Bonchev–Trinajstić information content (AvgIpc) is 2.74. The van der Waals surface area contributed by atoms with Crippen LogP contribution in [0, 0.1) is 0 Å². The van der Waals surface area contributed by atoms with Gasteiger partial charge in [0.2, 0.25) is 5.95 Å². The molecule has 0 radical (unpaired) electrons. The highest BCUT2D eigenvalue weighted by atomic mass is 19.4. The number of halogens is 3. The molecule has 160 valence electrons. The molecule has 3 aromatic rings. The van der Waals surface area contributed by atoms with Gasteiger partial charge in [-0.1, -0.05) is 25.1 Å². The van der Waals surface area contributed by atoms with Gasteiger partial charge in [-0.25, -0.2) is 4.98 Å². The van der Waals surface area contributed by atoms with Crippen LogP contribution in [0.25, 0.3) is 0 Å². The van der Waals surface area contributed by atoms with Crippen molar-refractivity contribution in [2.45, 2.75) is 38.8 Å². The lowest BCUT2D eigenvalue weighted by Gasteiger charge is -2.19. The first-order valence-corrected chi connectivity index (χ1v) is 10.1. The number of carbonyl (C=O) groups is 1. The van der Waals surface area contributed by atoms with Gasteiger partial charge in [0.05, 0.1) is 16.8 Å². The second kappa shape index (κ2) is 8.37. The van der Waals surface area contributed by atoms with Gasteiger partial charge < -0.3 is 10.6 Å². The van der Waals surface area contributed by atoms with Gasteiger partial charge in [0, 0.05) is 17.8 Å². The third-order valence-corrected chi connectivity index (χ3v) is 5.15. The van der Waals surface area contributed by atoms with E-state index in [-0.39, 0.29) is 17.4 Å². The van der Waals surface area contributed by atoms with Crippen LogP contribution in [-0.2, 0) is 19.0 Å². The molecule has 0 spiro atoms. The Hall–Kier alpha value is -3.42. The molecular formula is C23H21F3N4O. The molecule has 0 atom stereocenters. The van der Waals surface area contributed by atoms with Crippen molar-refractivity contribution in [3.63, 3.8) is 0 Å². The molecule has 0 fully saturated rings. The smallest absolute Gasteiger partial charge is 0.339 e. The number of ketones is 1. The third-order valence-electron chi connectivity index (χ3n) is 5.15. The first kappa shape index (κ1) is 20.8. The minimum atomic E-state index is -4.45. The Labute approximate surface area is 177 Å². The van der Waals surface area contributed by atoms with Crippen LogP contribution in [0.5, 0.6) is 0 Å². The number of hydrogen-bond donors (Lipinski definition) is 2. The van der Waals surface area contributed by atoms with Crippen LogP contribution in [0.15, 0.2) is 48.5 Å². The summed E-state index contributed by atoms with van der Waals surface area (Å²) in [7, 11) is 0. The summed E-state index contributed by atoms with van der Waals surface area (Å²) >= 11 is 0. The van der Waals surface area contributed by atoms with E-state index in [0.717, 1.165) is 24.2 Å². The van der Waals surface area contributed by atoms with Crippen molar-refractivity contribution in [2.24, 2.45) is 0 Å². The minimum absolute atomic E-state index is 0.0421. The molecule has 4 rings (SSSR count). The fourth-order valence-electron chi connectivity index (χ4n) is 3.53. The van der Waals surface area contributed by atoms with Gasteiger partial charge in [-0.3, -0.25) is 4.79 Å². The van der Waals surface area contributed by atoms with Crippen LogP contribution in [0.4, 0.5) is 36.3 Å². The van der Waals surface area contributed by atoms with Gasteiger partial charge in [0.15, 0.2) is 5.78 Å². The molecule has 1 aliphatic rings. The zero-order valence-electron chi connectivity index (χ0n) is 16.9. The standard InChI is InChI=1S/C23H21F3N4O/c1-2-14-9-11-16(12-10-14)27-21-20-18(7-4-8-19(20)31)29-22(30-21)28-17-6-3-5-15(13-17)23(24,25)26/h3,5-6,9-13H,2,4,7-8H2,1H3,(H2,27,28,29,30). The Balaban J connectivity index is 1.69. The molecule has 0 amide bonds. The van der Waals surface area contributed by atoms with E-state index in [0.29, 0.717) is 36.3 Å². The summed E-state index contributed by atoms with van der Waals surface area (Å²) in [6.45, 7) is 2.06. The second-order valence-corrected chi connectivity index (χ2v) is 7.37. The SMILES string of the molecule is CCc1ccc(Nc2nc(Nc3cccc(C(F)(F)F)c3)nc3c2C(=O)CCC3)cc1. The summed E-state index contributed by atoms with van der Waals surface area (Å²) in [5.41, 5.74) is 2.43. The molecule has 0 saturated heterocycles. The number of rotatable bonds is 5. The number of hydrogen-bond acceptors (Lipinski definition) is 5. The third kappa shape index (κ3) is 4.68. The number of alkyl halides is 3. The van der Waals surface area contributed by atoms with Gasteiger partial charge in [-0.15, -0.1) is 0 Å². The Kier molecular flexibility index (Phi) is 5.63. The molecule has 2 N–H and O–H groups in total. The maximum atomic E-state index is 13.0. The monoisotopic (exact) mass is 426 g/mol. The predicted molar refractivity (Wildman–Crippen MR) is 113 cm³/mol. The molecule has 5 nitrogen and oxygen atoms in total. The highest BCUT2D eigenvalue weighted by molar-refractivity contribution is 6.03. The summed E-state index contributed by atoms with van der Waals surface area (Å²) in [4.78, 5) is 21.4. The topological polar surface area (TPSA) is 66.9 Å². The molecular weight excluding hydrogens is 405 g/mol. The van der Waals surface area contributed by atoms with Crippen molar-refractivity contribution >= 4 is 28.9 Å². The fourth-order valence-corrected chi connectivity index (χ4v) is 3.53. The maximum Gasteiger partial charge on any atom is 0.416 e. The lowest BCUT2D eigenvalue weighted by atomic mass is 9.95. The Morgan fingerprint density at radius 3 is 2.45 bits per heavy atom. The number of carbonyl (C=O) groups excluding carboxylic acids is 1. The molecule has 0 saturated carbocycles. The van der Waals surface area contributed by atoms with Crippen molar-refractivity contribution in [1.82, 2.24) is 9.97 Å². The van der Waals surface area contributed by atoms with Crippen molar-refractivity contribution in [3.8, 4) is 0 Å². The van der Waals surface area contributed by atoms with Gasteiger partial charge in [0.1, 0.15) is 5.82 Å². The predicted octanol–water partition coefficient (Wildman–Crippen LogP) is 6.06. The van der Waals surface area contributed by atoms with Crippen molar-refractivity contribution in [2.75, 3.05) is 10.6 Å². The number of anilines is 4. The van der Waals surface area contributed by atoms with E-state index in [9.17, 15) is 18.0 Å². The van der Waals surface area contributed by atoms with Crippen LogP contribution in [0.3, 0.4) is 0 Å². The number of aromatic nitrogens is 2. The molecule has 8 heteroatoms. The number of fused-ring (bicyclic) bond motifs is 1. The van der Waals surface area contributed by atoms with Crippen molar-refractivity contribution in [3.05, 3.63) is 70.9 Å². The molecule has 1 aromatic heterocycles. The number of nitrogens with zero attached hydrogens (tertiary/aromatic N) is 2. The van der Waals surface area contributed by atoms with E-state index in [1.807, 2.05) is 24.3 Å². The molecule has 0 aliphatic heterocycles. The largest absolute Gasteiger partial charge is 0.416 e. The van der Waals surface area contributed by atoms with Crippen LogP contribution in [0.2, 0.25) is 0 Å². The molecule has 31 heavy (non-hydrogen) atoms. The van der Waals surface area contributed by atoms with Crippen LogP contribution >= 0.6 is 0 Å². The lowest BCUT2D eigenvalue weighted by molar-refractivity contribution is -0.137. The van der Waals surface area contributed by atoms with E-state index < -0.39 is 11.7 Å². The Morgan fingerprint density at radius 1 is 0.968 bits per heavy atom. The molecule has 1 heterocycles. The molecule has 0 bridgehead atoms. The zero-order chi connectivity index (χ0) is 22.0. The first-order chi connectivity index (χ1) is 14.8. The normalized spacial score (nSPS) is 13.6. The first-order valence-electron chi connectivity index (χ1n) is 10.1. The van der Waals surface area contributed by atoms with Crippen LogP contribution < -0.4 is 10.6 Å². The minimum Gasteiger partial charge on any atom is -0.339 e. The van der Waals surface area contributed by atoms with Gasteiger partial charge in [-0.05, 0) is 55.2 Å². The highest BCUT2D eigenvalue weighted by Gasteiger charge is 2.30. The van der Waals surface area contributed by atoms with E-state index in [2.05, 4.69) is 27.5 Å². The molecule has 2 aromatic carbocycles. The Morgan fingerprint density at radius 2 is 1.74 bits per heavy atom. The summed E-state index contributed by atoms with van der Waals surface area (Å²) in [5.74, 6) is 0.452. The van der Waals surface area contributed by atoms with Crippen molar-refractivity contribution in [1.29, 1.82) is 0 Å². The second-order valence-electron chi connectivity index (χ2n) is 7.37. The Bertz CT molecular complexity index is 1110. The summed E-state index contributed by atoms with van der Waals surface area (Å²) in [6, 6.07) is 12.6. The number of aryl methyl sites for hydroxylation is 2. The zero-order valence-corrected chi connectivity index (χ0v) is 16.9. The van der Waals surface area contributed by atoms with Gasteiger partial charge in [0.25, 0.3) is 0 Å². The summed E-state index contributed by atoms with van der Waals surface area (Å²) in [6.07, 6.45) is -1.84. The summed E-state index contributed by atoms with van der Waals surface area (Å²) in [5, 5.41) is 6.04. The van der Waals surface area contributed by atoms with E-state index in [1.54, 1.807) is 0 Å².